The third-order valence-corrected chi connectivity index (χ3v) is 3.92. The quantitative estimate of drug-likeness (QED) is 0.379. The molecule has 7 heteroatoms. The fraction of sp³-hybridized carbons (Fsp3) is 0.231. The van der Waals surface area contributed by atoms with Crippen molar-refractivity contribution in [1.82, 2.24) is 9.55 Å². The molecule has 104 valence electrons. The number of halogens is 1. The highest BCUT2D eigenvalue weighted by Gasteiger charge is 2.20. The maximum absolute atomic E-state index is 8.92. The topological polar surface area (TPSA) is 79.7 Å². The summed E-state index contributed by atoms with van der Waals surface area (Å²) in [6, 6.07) is 5.70. The second-order valence-corrected chi connectivity index (χ2v) is 5.52. The SMILES string of the molecule is N/C(=N/O)c1ccc(Br)cc1N1CCn2ccnc2C1. The van der Waals surface area contributed by atoms with Crippen LogP contribution in [0.3, 0.4) is 0 Å². The Morgan fingerprint density at radius 1 is 1.40 bits per heavy atom. The van der Waals surface area contributed by atoms with Crippen LogP contribution < -0.4 is 10.6 Å². The number of nitrogens with two attached hydrogens (primary N) is 1. The zero-order valence-electron chi connectivity index (χ0n) is 10.7. The number of amidine groups is 1. The van der Waals surface area contributed by atoms with Gasteiger partial charge in [-0.1, -0.05) is 21.1 Å². The number of hydrogen-bond donors (Lipinski definition) is 2. The Morgan fingerprint density at radius 3 is 3.05 bits per heavy atom. The zero-order valence-corrected chi connectivity index (χ0v) is 12.3. The molecule has 1 aliphatic rings. The van der Waals surface area contributed by atoms with Crippen LogP contribution in [0, 0.1) is 0 Å². The molecular formula is C13H14BrN5O. The first-order chi connectivity index (χ1) is 9.69. The van der Waals surface area contributed by atoms with Crippen molar-refractivity contribution in [3.05, 3.63) is 46.5 Å². The smallest absolute Gasteiger partial charge is 0.172 e. The summed E-state index contributed by atoms with van der Waals surface area (Å²) in [4.78, 5) is 6.53. The number of benzene rings is 1. The molecule has 0 saturated heterocycles. The highest BCUT2D eigenvalue weighted by atomic mass is 79.9. The number of fused-ring (bicyclic) bond motifs is 1. The summed E-state index contributed by atoms with van der Waals surface area (Å²) in [5.41, 5.74) is 7.42. The molecule has 3 N–H and O–H groups in total. The Balaban J connectivity index is 2.00. The van der Waals surface area contributed by atoms with Crippen LogP contribution in [0.2, 0.25) is 0 Å². The van der Waals surface area contributed by atoms with Crippen LogP contribution in [0.25, 0.3) is 0 Å². The first-order valence-corrected chi connectivity index (χ1v) is 7.01. The van der Waals surface area contributed by atoms with E-state index in [1.807, 2.05) is 30.6 Å². The zero-order chi connectivity index (χ0) is 14.1. The molecule has 0 atom stereocenters. The second kappa shape index (κ2) is 5.16. The summed E-state index contributed by atoms with van der Waals surface area (Å²) in [6.07, 6.45) is 3.79. The van der Waals surface area contributed by atoms with Crippen LogP contribution in [-0.4, -0.2) is 27.1 Å². The van der Waals surface area contributed by atoms with E-state index in [0.29, 0.717) is 6.54 Å². The maximum Gasteiger partial charge on any atom is 0.172 e. The summed E-state index contributed by atoms with van der Waals surface area (Å²) in [5.74, 6) is 1.13. The summed E-state index contributed by atoms with van der Waals surface area (Å²) < 4.78 is 3.09. The van der Waals surface area contributed by atoms with E-state index in [1.165, 1.54) is 0 Å². The Morgan fingerprint density at radius 2 is 2.25 bits per heavy atom. The molecule has 0 saturated carbocycles. The Bertz CT molecular complexity index is 667. The van der Waals surface area contributed by atoms with Gasteiger partial charge in [0.1, 0.15) is 5.82 Å². The van der Waals surface area contributed by atoms with Crippen molar-refractivity contribution in [2.24, 2.45) is 10.9 Å². The summed E-state index contributed by atoms with van der Waals surface area (Å²) in [5, 5.41) is 12.0. The van der Waals surface area contributed by atoms with Crippen molar-refractivity contribution < 1.29 is 5.21 Å². The van der Waals surface area contributed by atoms with Gasteiger partial charge in [-0.3, -0.25) is 0 Å². The molecule has 1 aliphatic heterocycles. The predicted molar refractivity (Wildman–Crippen MR) is 79.9 cm³/mol. The van der Waals surface area contributed by atoms with Crippen LogP contribution in [-0.2, 0) is 13.1 Å². The minimum atomic E-state index is 0.112. The average Bonchev–Trinajstić information content (AvgIpc) is 2.93. The van der Waals surface area contributed by atoms with Gasteiger partial charge in [-0.15, -0.1) is 0 Å². The molecule has 0 amide bonds. The monoisotopic (exact) mass is 335 g/mol. The van der Waals surface area contributed by atoms with Crippen LogP contribution in [0.1, 0.15) is 11.4 Å². The van der Waals surface area contributed by atoms with E-state index in [-0.39, 0.29) is 5.84 Å². The molecule has 0 radical (unpaired) electrons. The van der Waals surface area contributed by atoms with Gasteiger partial charge >= 0.3 is 0 Å². The van der Waals surface area contributed by atoms with Crippen molar-refractivity contribution in [2.45, 2.75) is 13.1 Å². The first kappa shape index (κ1) is 13.0. The van der Waals surface area contributed by atoms with E-state index in [1.54, 1.807) is 0 Å². The maximum atomic E-state index is 8.92. The molecule has 1 aromatic carbocycles. The number of rotatable bonds is 2. The number of anilines is 1. The first-order valence-electron chi connectivity index (χ1n) is 6.21. The largest absolute Gasteiger partial charge is 0.409 e. The molecular weight excluding hydrogens is 322 g/mol. The normalized spacial score (nSPS) is 15.2. The standard InChI is InChI=1S/C13H14BrN5O/c14-9-1-2-10(13(15)17-20)11(7-9)19-6-5-18-4-3-16-12(18)8-19/h1-4,7,20H,5-6,8H2,(H2,15,17). The molecule has 0 spiro atoms. The van der Waals surface area contributed by atoms with Gasteiger partial charge in [0.2, 0.25) is 0 Å². The molecule has 0 fully saturated rings. The van der Waals surface area contributed by atoms with Crippen LogP contribution in [0.5, 0.6) is 0 Å². The van der Waals surface area contributed by atoms with E-state index >= 15 is 0 Å². The van der Waals surface area contributed by atoms with Crippen molar-refractivity contribution in [3.8, 4) is 0 Å². The fourth-order valence-electron chi connectivity index (χ4n) is 2.42. The lowest BCUT2D eigenvalue weighted by Crippen LogP contribution is -2.35. The van der Waals surface area contributed by atoms with Crippen molar-refractivity contribution >= 4 is 27.5 Å². The molecule has 6 nitrogen and oxygen atoms in total. The minimum Gasteiger partial charge on any atom is -0.409 e. The lowest BCUT2D eigenvalue weighted by Gasteiger charge is -2.31. The van der Waals surface area contributed by atoms with Crippen LogP contribution >= 0.6 is 15.9 Å². The molecule has 0 aliphatic carbocycles. The number of oxime groups is 1. The third kappa shape index (κ3) is 2.24. The summed E-state index contributed by atoms with van der Waals surface area (Å²) in [6.45, 7) is 2.43. The molecule has 0 bridgehead atoms. The van der Waals surface area contributed by atoms with Crippen LogP contribution in [0.15, 0.2) is 40.2 Å². The lowest BCUT2D eigenvalue weighted by atomic mass is 10.1. The van der Waals surface area contributed by atoms with Gasteiger partial charge < -0.3 is 20.4 Å². The van der Waals surface area contributed by atoms with E-state index in [2.05, 4.69) is 35.5 Å². The Labute approximate surface area is 124 Å². The van der Waals surface area contributed by atoms with Gasteiger partial charge in [0.25, 0.3) is 0 Å². The average molecular weight is 336 g/mol. The van der Waals surface area contributed by atoms with Gasteiger partial charge in [0, 0.05) is 41.2 Å². The van der Waals surface area contributed by atoms with E-state index in [0.717, 1.165) is 34.6 Å². The Kier molecular flexibility index (Phi) is 3.35. The number of hydrogen-bond acceptors (Lipinski definition) is 4. The molecule has 2 heterocycles. The molecule has 20 heavy (non-hydrogen) atoms. The van der Waals surface area contributed by atoms with Crippen LogP contribution in [0.4, 0.5) is 5.69 Å². The van der Waals surface area contributed by atoms with Gasteiger partial charge in [-0.25, -0.2) is 4.98 Å². The molecule has 1 aromatic heterocycles. The number of imidazole rings is 1. The van der Waals surface area contributed by atoms with Gasteiger partial charge in [0.15, 0.2) is 5.84 Å². The van der Waals surface area contributed by atoms with Crippen molar-refractivity contribution in [1.29, 1.82) is 0 Å². The molecule has 2 aromatic rings. The lowest BCUT2D eigenvalue weighted by molar-refractivity contribution is 0.318. The number of nitrogens with zero attached hydrogens (tertiary/aromatic N) is 4. The molecule has 0 unspecified atom stereocenters. The van der Waals surface area contributed by atoms with Crippen molar-refractivity contribution in [3.63, 3.8) is 0 Å². The van der Waals surface area contributed by atoms with Gasteiger partial charge in [0.05, 0.1) is 6.54 Å². The Hall–Kier alpha value is -2.02. The highest BCUT2D eigenvalue weighted by Crippen LogP contribution is 2.28. The predicted octanol–water partition coefficient (Wildman–Crippen LogP) is 1.76. The summed E-state index contributed by atoms with van der Waals surface area (Å²) in [7, 11) is 0. The van der Waals surface area contributed by atoms with Crippen molar-refractivity contribution in [2.75, 3.05) is 11.4 Å². The van der Waals surface area contributed by atoms with E-state index in [4.69, 9.17) is 10.9 Å². The highest BCUT2D eigenvalue weighted by molar-refractivity contribution is 9.10. The van der Waals surface area contributed by atoms with E-state index in [9.17, 15) is 0 Å². The second-order valence-electron chi connectivity index (χ2n) is 4.61. The number of aromatic nitrogens is 2. The third-order valence-electron chi connectivity index (χ3n) is 3.43. The van der Waals surface area contributed by atoms with Gasteiger partial charge in [-0.2, -0.15) is 0 Å². The minimum absolute atomic E-state index is 0.112. The molecule has 3 rings (SSSR count). The fourth-order valence-corrected chi connectivity index (χ4v) is 2.77. The van der Waals surface area contributed by atoms with E-state index < -0.39 is 0 Å². The summed E-state index contributed by atoms with van der Waals surface area (Å²) >= 11 is 3.47. The van der Waals surface area contributed by atoms with Gasteiger partial charge in [-0.05, 0) is 18.2 Å².